The fourth-order valence-electron chi connectivity index (χ4n) is 1.88. The second-order valence-electron chi connectivity index (χ2n) is 4.06. The van der Waals surface area contributed by atoms with E-state index in [1.165, 1.54) is 6.07 Å². The lowest BCUT2D eigenvalue weighted by molar-refractivity contribution is 0.452. The van der Waals surface area contributed by atoms with Crippen LogP contribution in [0.5, 0.6) is 0 Å². The summed E-state index contributed by atoms with van der Waals surface area (Å²) in [6.07, 6.45) is 3.08. The molecule has 0 radical (unpaired) electrons. The zero-order valence-electron chi connectivity index (χ0n) is 9.82. The van der Waals surface area contributed by atoms with E-state index in [1.807, 2.05) is 31.3 Å². The molecule has 1 unspecified atom stereocenters. The molecule has 0 aliphatic rings. The molecule has 0 spiro atoms. The molecule has 0 saturated heterocycles. The van der Waals surface area contributed by atoms with Crippen LogP contribution >= 0.6 is 0 Å². The third kappa shape index (κ3) is 3.17. The second kappa shape index (κ2) is 5.64. The van der Waals surface area contributed by atoms with Crippen LogP contribution in [0, 0.1) is 5.82 Å². The lowest BCUT2D eigenvalue weighted by Crippen LogP contribution is -2.30. The first-order chi connectivity index (χ1) is 8.29. The maximum Gasteiger partial charge on any atom is 0.126 e. The maximum atomic E-state index is 13.5. The maximum absolute atomic E-state index is 13.5. The van der Waals surface area contributed by atoms with Gasteiger partial charge >= 0.3 is 0 Å². The average molecular weight is 233 g/mol. The quantitative estimate of drug-likeness (QED) is 0.859. The summed E-state index contributed by atoms with van der Waals surface area (Å²) >= 11 is 0. The normalized spacial score (nSPS) is 12.6. The minimum Gasteiger partial charge on any atom is -0.469 e. The fraction of sp³-hybridized carbons (Fsp3) is 0.286. The van der Waals surface area contributed by atoms with Gasteiger partial charge in [0.1, 0.15) is 11.6 Å². The summed E-state index contributed by atoms with van der Waals surface area (Å²) in [5.74, 6) is 0.771. The summed E-state index contributed by atoms with van der Waals surface area (Å²) in [7, 11) is 1.88. The van der Waals surface area contributed by atoms with Gasteiger partial charge in [0.15, 0.2) is 0 Å². The molecule has 0 saturated carbocycles. The van der Waals surface area contributed by atoms with Crippen LogP contribution in [0.25, 0.3) is 0 Å². The van der Waals surface area contributed by atoms with Crippen LogP contribution in [0.2, 0.25) is 0 Å². The number of likely N-dealkylation sites (N-methyl/N-ethyl adjacent to an activating group) is 1. The zero-order valence-corrected chi connectivity index (χ0v) is 9.82. The molecule has 0 aliphatic heterocycles. The van der Waals surface area contributed by atoms with Gasteiger partial charge in [-0.05, 0) is 37.2 Å². The molecular formula is C14H16FNO. The number of furan rings is 1. The molecule has 0 bridgehead atoms. The molecule has 0 aliphatic carbocycles. The highest BCUT2D eigenvalue weighted by Crippen LogP contribution is 2.12. The average Bonchev–Trinajstić information content (AvgIpc) is 2.84. The Balaban J connectivity index is 2.03. The van der Waals surface area contributed by atoms with Crippen LogP contribution in [0.1, 0.15) is 11.3 Å². The highest BCUT2D eigenvalue weighted by molar-refractivity contribution is 5.19. The zero-order chi connectivity index (χ0) is 12.1. The molecule has 2 nitrogen and oxygen atoms in total. The highest BCUT2D eigenvalue weighted by Gasteiger charge is 2.12. The Labute approximate surface area is 100 Å². The van der Waals surface area contributed by atoms with Gasteiger partial charge in [0.05, 0.1) is 6.26 Å². The summed E-state index contributed by atoms with van der Waals surface area (Å²) in [5.41, 5.74) is 0.735. The molecule has 1 atom stereocenters. The van der Waals surface area contributed by atoms with Crippen molar-refractivity contribution in [1.29, 1.82) is 0 Å². The van der Waals surface area contributed by atoms with Crippen molar-refractivity contribution in [3.63, 3.8) is 0 Å². The SMILES string of the molecule is CNC(Cc1ccco1)Cc1ccccc1F. The van der Waals surface area contributed by atoms with Gasteiger partial charge in [-0.15, -0.1) is 0 Å². The summed E-state index contributed by atoms with van der Waals surface area (Å²) in [5, 5.41) is 3.19. The van der Waals surface area contributed by atoms with Crippen LogP contribution in [0.15, 0.2) is 47.1 Å². The fourth-order valence-corrected chi connectivity index (χ4v) is 1.88. The standard InChI is InChI=1S/C14H16FNO/c1-16-12(10-13-6-4-8-17-13)9-11-5-2-3-7-14(11)15/h2-8,12,16H,9-10H2,1H3. The minimum absolute atomic E-state index is 0.146. The van der Waals surface area contributed by atoms with E-state index in [0.29, 0.717) is 6.42 Å². The van der Waals surface area contributed by atoms with Gasteiger partial charge in [-0.1, -0.05) is 18.2 Å². The van der Waals surface area contributed by atoms with E-state index in [0.717, 1.165) is 17.7 Å². The second-order valence-corrected chi connectivity index (χ2v) is 4.06. The van der Waals surface area contributed by atoms with E-state index in [4.69, 9.17) is 4.42 Å². The Bertz CT molecular complexity index is 453. The van der Waals surface area contributed by atoms with Crippen LogP contribution in [-0.4, -0.2) is 13.1 Å². The Kier molecular flexibility index (Phi) is 3.94. The molecular weight excluding hydrogens is 217 g/mol. The summed E-state index contributed by atoms with van der Waals surface area (Å²) in [6.45, 7) is 0. The van der Waals surface area contributed by atoms with Crippen molar-refractivity contribution in [2.75, 3.05) is 7.05 Å². The van der Waals surface area contributed by atoms with Crippen molar-refractivity contribution in [3.8, 4) is 0 Å². The molecule has 1 aromatic carbocycles. The van der Waals surface area contributed by atoms with E-state index in [-0.39, 0.29) is 11.9 Å². The van der Waals surface area contributed by atoms with Crippen LogP contribution < -0.4 is 5.32 Å². The van der Waals surface area contributed by atoms with Crippen LogP contribution in [0.3, 0.4) is 0 Å². The van der Waals surface area contributed by atoms with Gasteiger partial charge < -0.3 is 9.73 Å². The van der Waals surface area contributed by atoms with Crippen molar-refractivity contribution < 1.29 is 8.81 Å². The number of rotatable bonds is 5. The van der Waals surface area contributed by atoms with Crippen molar-refractivity contribution >= 4 is 0 Å². The highest BCUT2D eigenvalue weighted by atomic mass is 19.1. The topological polar surface area (TPSA) is 25.2 Å². The predicted molar refractivity (Wildman–Crippen MR) is 65.4 cm³/mol. The van der Waals surface area contributed by atoms with E-state index in [1.54, 1.807) is 12.3 Å². The largest absolute Gasteiger partial charge is 0.469 e. The van der Waals surface area contributed by atoms with Crippen LogP contribution in [0.4, 0.5) is 4.39 Å². The predicted octanol–water partition coefficient (Wildman–Crippen LogP) is 2.79. The first-order valence-corrected chi connectivity index (χ1v) is 5.72. The van der Waals surface area contributed by atoms with E-state index >= 15 is 0 Å². The van der Waals surface area contributed by atoms with Gasteiger partial charge in [0.2, 0.25) is 0 Å². The van der Waals surface area contributed by atoms with Gasteiger partial charge in [-0.2, -0.15) is 0 Å². The molecule has 0 amide bonds. The van der Waals surface area contributed by atoms with Gasteiger partial charge in [0.25, 0.3) is 0 Å². The Morgan fingerprint density at radius 1 is 1.18 bits per heavy atom. The smallest absolute Gasteiger partial charge is 0.126 e. The first kappa shape index (κ1) is 11.9. The van der Waals surface area contributed by atoms with Gasteiger partial charge in [0, 0.05) is 12.5 Å². The Hall–Kier alpha value is -1.61. The summed E-state index contributed by atoms with van der Waals surface area (Å²) in [6, 6.07) is 10.9. The molecule has 1 aromatic heterocycles. The molecule has 90 valence electrons. The van der Waals surface area contributed by atoms with Crippen molar-refractivity contribution in [2.24, 2.45) is 0 Å². The molecule has 0 fully saturated rings. The lowest BCUT2D eigenvalue weighted by Gasteiger charge is -2.15. The van der Waals surface area contributed by atoms with Crippen molar-refractivity contribution in [3.05, 3.63) is 59.8 Å². The molecule has 3 heteroatoms. The van der Waals surface area contributed by atoms with Crippen molar-refractivity contribution in [2.45, 2.75) is 18.9 Å². The first-order valence-electron chi connectivity index (χ1n) is 5.72. The number of nitrogens with one attached hydrogen (secondary N) is 1. The van der Waals surface area contributed by atoms with E-state index < -0.39 is 0 Å². The monoisotopic (exact) mass is 233 g/mol. The lowest BCUT2D eigenvalue weighted by atomic mass is 10.0. The van der Waals surface area contributed by atoms with E-state index in [2.05, 4.69) is 5.32 Å². The summed E-state index contributed by atoms with van der Waals surface area (Å²) < 4.78 is 18.8. The molecule has 17 heavy (non-hydrogen) atoms. The third-order valence-corrected chi connectivity index (χ3v) is 2.86. The molecule has 1 N–H and O–H groups in total. The Morgan fingerprint density at radius 2 is 2.00 bits per heavy atom. The van der Waals surface area contributed by atoms with Crippen molar-refractivity contribution in [1.82, 2.24) is 5.32 Å². The van der Waals surface area contributed by atoms with Gasteiger partial charge in [-0.25, -0.2) is 4.39 Å². The Morgan fingerprint density at radius 3 is 2.65 bits per heavy atom. The summed E-state index contributed by atoms with van der Waals surface area (Å²) in [4.78, 5) is 0. The molecule has 2 rings (SSSR count). The molecule has 2 aromatic rings. The number of benzene rings is 1. The minimum atomic E-state index is -0.146. The third-order valence-electron chi connectivity index (χ3n) is 2.86. The number of halogens is 1. The number of hydrogen-bond acceptors (Lipinski definition) is 2. The molecule has 1 heterocycles. The number of hydrogen-bond donors (Lipinski definition) is 1. The van der Waals surface area contributed by atoms with Crippen LogP contribution in [-0.2, 0) is 12.8 Å². The van der Waals surface area contributed by atoms with E-state index in [9.17, 15) is 4.39 Å². The van der Waals surface area contributed by atoms with Gasteiger partial charge in [-0.3, -0.25) is 0 Å².